The highest BCUT2D eigenvalue weighted by molar-refractivity contribution is 8.00. The molecule has 37 heavy (non-hydrogen) atoms. The molecule has 3 saturated heterocycles. The van der Waals surface area contributed by atoms with Gasteiger partial charge in [0.2, 0.25) is 11.8 Å². The number of hydrogen-bond donors (Lipinski definition) is 6. The van der Waals surface area contributed by atoms with Gasteiger partial charge in [-0.05, 0) is 38.0 Å². The molecular formula is C24H39N5O7S. The minimum atomic E-state index is -1.20. The molecule has 0 aromatic carbocycles. The minimum absolute atomic E-state index is 0.0125. The van der Waals surface area contributed by atoms with E-state index in [4.69, 9.17) is 9.84 Å². The molecule has 3 fully saturated rings. The molecule has 5 amide bonds. The lowest BCUT2D eigenvalue weighted by Gasteiger charge is -2.20. The molecule has 0 spiro atoms. The molecule has 208 valence electrons. The number of ether oxygens (including phenoxy) is 1. The number of aliphatic carboxylic acids is 1. The summed E-state index contributed by atoms with van der Waals surface area (Å²) >= 11 is 1.88. The summed E-state index contributed by atoms with van der Waals surface area (Å²) in [5.41, 5.74) is 0. The summed E-state index contributed by atoms with van der Waals surface area (Å²) in [4.78, 5) is 59.1. The van der Waals surface area contributed by atoms with Crippen molar-refractivity contribution in [2.24, 2.45) is 5.92 Å². The first-order valence-corrected chi connectivity index (χ1v) is 14.1. The summed E-state index contributed by atoms with van der Waals surface area (Å²) in [6.45, 7) is 4.79. The van der Waals surface area contributed by atoms with E-state index in [1.54, 1.807) is 0 Å². The average molecular weight is 542 g/mol. The number of nitrogens with one attached hydrogen (secondary N) is 5. The van der Waals surface area contributed by atoms with Crippen molar-refractivity contribution < 1.29 is 33.8 Å². The number of carbonyl (C=O) groups excluding carboxylic acids is 4. The summed E-state index contributed by atoms with van der Waals surface area (Å²) < 4.78 is 4.85. The summed E-state index contributed by atoms with van der Waals surface area (Å²) in [6.07, 6.45) is 2.79. The van der Waals surface area contributed by atoms with Crippen LogP contribution in [0.5, 0.6) is 0 Å². The van der Waals surface area contributed by atoms with E-state index in [1.807, 2.05) is 25.6 Å². The molecule has 0 aliphatic carbocycles. The number of fused-ring (bicyclic) bond motifs is 1. The first-order valence-electron chi connectivity index (χ1n) is 13.1. The zero-order valence-electron chi connectivity index (χ0n) is 21.4. The molecule has 3 aliphatic heterocycles. The SMILES string of the molecule is CC(C)C[C@H](NC(=O)C1O[C@@H]1C(=O)O)C(=O)NCCCCNC(=O)CCCC[C@@H]1SC[C@@H]2NC(=O)N[C@@H]21. The second-order valence-corrected chi connectivity index (χ2v) is 11.5. The minimum Gasteiger partial charge on any atom is -0.479 e. The number of carboxylic acid groups (broad SMARTS) is 1. The van der Waals surface area contributed by atoms with Gasteiger partial charge in [0.25, 0.3) is 5.91 Å². The lowest BCUT2D eigenvalue weighted by Crippen LogP contribution is -2.49. The van der Waals surface area contributed by atoms with Gasteiger partial charge in [-0.2, -0.15) is 11.8 Å². The first kappa shape index (κ1) is 29.0. The standard InChI is InChI=1S/C24H39N5O7S/c1-13(2)11-14(27-22(32)19-20(36-19)23(33)34)21(31)26-10-6-5-9-25-17(30)8-4-3-7-16-18-15(12-37-16)28-24(35)29-18/h13-16,18-20H,3-12H2,1-2H3,(H,25,30)(H,26,31)(H,27,32)(H,33,34)(H2,28,29,35)/t14-,15-,16-,18-,19?,20-/m0/s1. The predicted octanol–water partition coefficient (Wildman–Crippen LogP) is 0.108. The van der Waals surface area contributed by atoms with E-state index in [0.717, 1.165) is 25.0 Å². The summed E-state index contributed by atoms with van der Waals surface area (Å²) in [7, 11) is 0. The summed E-state index contributed by atoms with van der Waals surface area (Å²) in [5.74, 6) is -1.02. The normalized spacial score (nSPS) is 26.6. The second kappa shape index (κ2) is 13.8. The van der Waals surface area contributed by atoms with Crippen LogP contribution in [0.3, 0.4) is 0 Å². The number of urea groups is 1. The molecule has 6 N–H and O–H groups in total. The van der Waals surface area contributed by atoms with E-state index in [0.29, 0.717) is 44.0 Å². The fourth-order valence-corrected chi connectivity index (χ4v) is 6.18. The summed E-state index contributed by atoms with van der Waals surface area (Å²) in [5, 5.41) is 23.5. The highest BCUT2D eigenvalue weighted by atomic mass is 32.2. The van der Waals surface area contributed by atoms with Crippen molar-refractivity contribution in [3.63, 3.8) is 0 Å². The van der Waals surface area contributed by atoms with Gasteiger partial charge in [0.1, 0.15) is 6.04 Å². The molecule has 3 aliphatic rings. The van der Waals surface area contributed by atoms with E-state index >= 15 is 0 Å². The number of rotatable bonds is 16. The quantitative estimate of drug-likeness (QED) is 0.0905. The largest absolute Gasteiger partial charge is 0.479 e. The molecule has 0 saturated carbocycles. The van der Waals surface area contributed by atoms with Crippen molar-refractivity contribution in [3.8, 4) is 0 Å². The van der Waals surface area contributed by atoms with E-state index < -0.39 is 30.1 Å². The zero-order chi connectivity index (χ0) is 26.9. The fourth-order valence-electron chi connectivity index (χ4n) is 4.63. The number of thioether (sulfide) groups is 1. The van der Waals surface area contributed by atoms with E-state index in [9.17, 15) is 24.0 Å². The number of epoxide rings is 1. The first-order chi connectivity index (χ1) is 17.7. The molecule has 6 atom stereocenters. The third-order valence-electron chi connectivity index (χ3n) is 6.64. The van der Waals surface area contributed by atoms with Gasteiger partial charge in [0, 0.05) is 30.5 Å². The number of carboxylic acids is 1. The smallest absolute Gasteiger partial charge is 0.336 e. The number of unbranched alkanes of at least 4 members (excludes halogenated alkanes) is 2. The molecule has 12 nitrogen and oxygen atoms in total. The van der Waals surface area contributed by atoms with E-state index in [-0.39, 0.29) is 35.8 Å². The van der Waals surface area contributed by atoms with Crippen LogP contribution in [0.15, 0.2) is 0 Å². The Balaban J connectivity index is 1.21. The van der Waals surface area contributed by atoms with Crippen molar-refractivity contribution in [3.05, 3.63) is 0 Å². The number of amides is 5. The highest BCUT2D eigenvalue weighted by Crippen LogP contribution is 2.33. The lowest BCUT2D eigenvalue weighted by molar-refractivity contribution is -0.138. The van der Waals surface area contributed by atoms with Gasteiger partial charge in [-0.1, -0.05) is 20.3 Å². The Morgan fingerprint density at radius 3 is 2.46 bits per heavy atom. The maximum absolute atomic E-state index is 12.6. The van der Waals surface area contributed by atoms with Crippen molar-refractivity contribution >= 4 is 41.5 Å². The molecule has 0 aromatic rings. The van der Waals surface area contributed by atoms with Crippen LogP contribution in [-0.4, -0.2) is 89.3 Å². The summed E-state index contributed by atoms with van der Waals surface area (Å²) in [6, 6.07) is -0.430. The third-order valence-corrected chi connectivity index (χ3v) is 8.15. The third kappa shape index (κ3) is 9.06. The van der Waals surface area contributed by atoms with Gasteiger partial charge >= 0.3 is 12.0 Å². The average Bonchev–Trinajstić information content (AvgIpc) is 3.45. The molecule has 3 rings (SSSR count). The zero-order valence-corrected chi connectivity index (χ0v) is 22.2. The molecular weight excluding hydrogens is 502 g/mol. The lowest BCUT2D eigenvalue weighted by atomic mass is 10.0. The van der Waals surface area contributed by atoms with E-state index in [2.05, 4.69) is 26.6 Å². The van der Waals surface area contributed by atoms with Gasteiger partial charge in [-0.3, -0.25) is 14.4 Å². The van der Waals surface area contributed by atoms with Gasteiger partial charge in [-0.25, -0.2) is 9.59 Å². The Hall–Kier alpha value is -2.54. The Morgan fingerprint density at radius 1 is 1.05 bits per heavy atom. The molecule has 0 aromatic heterocycles. The fraction of sp³-hybridized carbons (Fsp3) is 0.792. The van der Waals surface area contributed by atoms with Gasteiger partial charge in [0.05, 0.1) is 12.1 Å². The van der Waals surface area contributed by atoms with Crippen LogP contribution in [0, 0.1) is 5.92 Å². The van der Waals surface area contributed by atoms with Crippen molar-refractivity contribution in [2.45, 2.75) is 94.4 Å². The number of hydrogen-bond acceptors (Lipinski definition) is 7. The van der Waals surface area contributed by atoms with E-state index in [1.165, 1.54) is 0 Å². The van der Waals surface area contributed by atoms with Crippen molar-refractivity contribution in [2.75, 3.05) is 18.8 Å². The second-order valence-electron chi connectivity index (χ2n) is 10.2. The van der Waals surface area contributed by atoms with Gasteiger partial charge < -0.3 is 36.4 Å². The van der Waals surface area contributed by atoms with Crippen molar-refractivity contribution in [1.82, 2.24) is 26.6 Å². The van der Waals surface area contributed by atoms with Crippen LogP contribution in [-0.2, 0) is 23.9 Å². The molecule has 3 heterocycles. The molecule has 13 heteroatoms. The Labute approximate surface area is 221 Å². The molecule has 1 unspecified atom stereocenters. The number of carbonyl (C=O) groups is 5. The Bertz CT molecular complexity index is 857. The predicted molar refractivity (Wildman–Crippen MR) is 137 cm³/mol. The Morgan fingerprint density at radius 2 is 1.78 bits per heavy atom. The maximum Gasteiger partial charge on any atom is 0.336 e. The van der Waals surface area contributed by atoms with Crippen LogP contribution in [0.25, 0.3) is 0 Å². The van der Waals surface area contributed by atoms with Crippen LogP contribution in [0.4, 0.5) is 4.79 Å². The van der Waals surface area contributed by atoms with Gasteiger partial charge in [0.15, 0.2) is 12.2 Å². The van der Waals surface area contributed by atoms with Gasteiger partial charge in [-0.15, -0.1) is 0 Å². The monoisotopic (exact) mass is 541 g/mol. The van der Waals surface area contributed by atoms with Crippen LogP contribution >= 0.6 is 11.8 Å². The van der Waals surface area contributed by atoms with Crippen molar-refractivity contribution in [1.29, 1.82) is 0 Å². The maximum atomic E-state index is 12.6. The Kier molecular flexibility index (Phi) is 10.9. The highest BCUT2D eigenvalue weighted by Gasteiger charge is 2.51. The topological polar surface area (TPSA) is 178 Å². The van der Waals surface area contributed by atoms with Crippen LogP contribution in [0.1, 0.15) is 58.8 Å². The van der Waals surface area contributed by atoms with Crippen LogP contribution in [0.2, 0.25) is 0 Å². The van der Waals surface area contributed by atoms with Crippen LogP contribution < -0.4 is 26.6 Å². The molecule has 0 radical (unpaired) electrons. The molecule has 0 bridgehead atoms.